The van der Waals surface area contributed by atoms with Crippen molar-refractivity contribution in [2.24, 2.45) is 7.05 Å². The van der Waals surface area contributed by atoms with Gasteiger partial charge in [-0.25, -0.2) is 0 Å². The van der Waals surface area contributed by atoms with E-state index in [9.17, 15) is 0 Å². The van der Waals surface area contributed by atoms with Crippen molar-refractivity contribution in [2.75, 3.05) is 0 Å². The minimum atomic E-state index is 0.703. The maximum absolute atomic E-state index is 6.49. The van der Waals surface area contributed by atoms with Crippen LogP contribution in [0.15, 0.2) is 48.5 Å². The Morgan fingerprint density at radius 3 is 2.39 bits per heavy atom. The Balaban J connectivity index is 2.37. The first-order valence-electron chi connectivity index (χ1n) is 5.67. The number of halogens is 2. The molecule has 0 radical (unpaired) electrons. The molecule has 0 bridgehead atoms. The molecule has 3 aromatic rings. The second kappa shape index (κ2) is 4.34. The summed E-state index contributed by atoms with van der Waals surface area (Å²) >= 11 is 12.5. The molecule has 0 aliphatic rings. The van der Waals surface area contributed by atoms with E-state index in [2.05, 4.69) is 16.7 Å². The predicted octanol–water partition coefficient (Wildman–Crippen LogP) is 5.15. The molecule has 1 heterocycles. The Morgan fingerprint density at radius 1 is 0.944 bits per heavy atom. The van der Waals surface area contributed by atoms with Gasteiger partial charge in [0, 0.05) is 23.0 Å². The van der Waals surface area contributed by atoms with E-state index in [4.69, 9.17) is 23.2 Å². The van der Waals surface area contributed by atoms with Crippen LogP contribution in [0.1, 0.15) is 0 Å². The third-order valence-electron chi connectivity index (χ3n) is 3.15. The number of hydrogen-bond acceptors (Lipinski definition) is 0. The van der Waals surface area contributed by atoms with Gasteiger partial charge < -0.3 is 4.57 Å². The van der Waals surface area contributed by atoms with Crippen LogP contribution in [0.2, 0.25) is 10.0 Å². The van der Waals surface area contributed by atoms with Crippen LogP contribution in [0.5, 0.6) is 0 Å². The summed E-state index contributed by atoms with van der Waals surface area (Å²) < 4.78 is 2.10. The Kier molecular flexibility index (Phi) is 2.81. The highest BCUT2D eigenvalue weighted by molar-refractivity contribution is 6.39. The standard InChI is InChI=1S/C15H11Cl2N/c1-18-13-8-7-11(16)9-12(13)14(17)15(18)10-5-3-2-4-6-10/h2-9H,1H3. The summed E-state index contributed by atoms with van der Waals surface area (Å²) in [4.78, 5) is 0. The summed E-state index contributed by atoms with van der Waals surface area (Å²) in [6.45, 7) is 0. The molecule has 1 nitrogen and oxygen atoms in total. The third kappa shape index (κ3) is 1.71. The molecule has 0 N–H and O–H groups in total. The number of benzene rings is 2. The van der Waals surface area contributed by atoms with Gasteiger partial charge in [-0.1, -0.05) is 53.5 Å². The molecule has 90 valence electrons. The number of hydrogen-bond donors (Lipinski definition) is 0. The van der Waals surface area contributed by atoms with Crippen LogP contribution < -0.4 is 0 Å². The first-order chi connectivity index (χ1) is 8.68. The van der Waals surface area contributed by atoms with E-state index in [0.29, 0.717) is 5.02 Å². The molecule has 3 heteroatoms. The van der Waals surface area contributed by atoms with Crippen molar-refractivity contribution in [3.63, 3.8) is 0 Å². The van der Waals surface area contributed by atoms with Crippen LogP contribution in [0.3, 0.4) is 0 Å². The van der Waals surface area contributed by atoms with Crippen LogP contribution in [0.4, 0.5) is 0 Å². The molecular formula is C15H11Cl2N. The first-order valence-corrected chi connectivity index (χ1v) is 6.43. The van der Waals surface area contributed by atoms with Crippen LogP contribution in [-0.4, -0.2) is 4.57 Å². The van der Waals surface area contributed by atoms with Crippen molar-refractivity contribution in [1.82, 2.24) is 4.57 Å². The molecule has 0 aliphatic carbocycles. The lowest BCUT2D eigenvalue weighted by Crippen LogP contribution is -1.91. The minimum Gasteiger partial charge on any atom is -0.342 e. The smallest absolute Gasteiger partial charge is 0.0742 e. The summed E-state index contributed by atoms with van der Waals surface area (Å²) in [7, 11) is 2.02. The molecule has 2 aromatic carbocycles. The predicted molar refractivity (Wildman–Crippen MR) is 78.4 cm³/mol. The highest BCUT2D eigenvalue weighted by Gasteiger charge is 2.14. The van der Waals surface area contributed by atoms with Gasteiger partial charge in [0.05, 0.1) is 10.7 Å². The topological polar surface area (TPSA) is 4.93 Å². The molecular weight excluding hydrogens is 265 g/mol. The van der Waals surface area contributed by atoms with Crippen LogP contribution in [0.25, 0.3) is 22.2 Å². The van der Waals surface area contributed by atoms with E-state index < -0.39 is 0 Å². The van der Waals surface area contributed by atoms with Crippen molar-refractivity contribution in [3.05, 3.63) is 58.6 Å². The van der Waals surface area contributed by atoms with Gasteiger partial charge in [0.1, 0.15) is 0 Å². The summed E-state index contributed by atoms with van der Waals surface area (Å²) in [5.74, 6) is 0. The van der Waals surface area contributed by atoms with Crippen molar-refractivity contribution >= 4 is 34.1 Å². The third-order valence-corrected chi connectivity index (χ3v) is 3.76. The van der Waals surface area contributed by atoms with E-state index in [1.165, 1.54) is 0 Å². The zero-order valence-corrected chi connectivity index (χ0v) is 11.3. The van der Waals surface area contributed by atoms with E-state index in [1.54, 1.807) is 0 Å². The quantitative estimate of drug-likeness (QED) is 0.579. The molecule has 18 heavy (non-hydrogen) atoms. The highest BCUT2D eigenvalue weighted by atomic mass is 35.5. The normalized spacial score (nSPS) is 11.1. The average Bonchev–Trinajstić information content (AvgIpc) is 2.63. The van der Waals surface area contributed by atoms with Gasteiger partial charge in [0.2, 0.25) is 0 Å². The van der Waals surface area contributed by atoms with Gasteiger partial charge in [-0.3, -0.25) is 0 Å². The molecule has 3 rings (SSSR count). The molecule has 0 fully saturated rings. The van der Waals surface area contributed by atoms with E-state index >= 15 is 0 Å². The number of fused-ring (bicyclic) bond motifs is 1. The second-order valence-corrected chi connectivity index (χ2v) is 5.06. The maximum atomic E-state index is 6.49. The summed E-state index contributed by atoms with van der Waals surface area (Å²) in [6.07, 6.45) is 0. The number of rotatable bonds is 1. The van der Waals surface area contributed by atoms with Crippen LogP contribution in [-0.2, 0) is 7.05 Å². The fourth-order valence-electron chi connectivity index (χ4n) is 2.29. The van der Waals surface area contributed by atoms with E-state index in [1.807, 2.05) is 43.4 Å². The van der Waals surface area contributed by atoms with Gasteiger partial charge in [-0.2, -0.15) is 0 Å². The Bertz CT molecular complexity index is 714. The number of aromatic nitrogens is 1. The van der Waals surface area contributed by atoms with Crippen molar-refractivity contribution < 1.29 is 0 Å². The van der Waals surface area contributed by atoms with Crippen LogP contribution in [0, 0.1) is 0 Å². The molecule has 0 atom stereocenters. The summed E-state index contributed by atoms with van der Waals surface area (Å²) in [5.41, 5.74) is 3.22. The Labute approximate surface area is 116 Å². The van der Waals surface area contributed by atoms with Crippen LogP contribution >= 0.6 is 23.2 Å². The zero-order chi connectivity index (χ0) is 12.7. The maximum Gasteiger partial charge on any atom is 0.0742 e. The largest absolute Gasteiger partial charge is 0.342 e. The lowest BCUT2D eigenvalue weighted by molar-refractivity contribution is 0.978. The van der Waals surface area contributed by atoms with E-state index in [0.717, 1.165) is 27.2 Å². The molecule has 1 aromatic heterocycles. The Morgan fingerprint density at radius 2 is 1.67 bits per heavy atom. The lowest BCUT2D eigenvalue weighted by atomic mass is 10.1. The first kappa shape index (κ1) is 11.6. The van der Waals surface area contributed by atoms with Gasteiger partial charge in [0.15, 0.2) is 0 Å². The Hall–Kier alpha value is -1.44. The number of aryl methyl sites for hydroxylation is 1. The molecule has 0 saturated heterocycles. The molecule has 0 saturated carbocycles. The van der Waals surface area contributed by atoms with Gasteiger partial charge in [0.25, 0.3) is 0 Å². The lowest BCUT2D eigenvalue weighted by Gasteiger charge is -2.04. The SMILES string of the molecule is Cn1c(-c2ccccc2)c(Cl)c2cc(Cl)ccc21. The number of nitrogens with zero attached hydrogens (tertiary/aromatic N) is 1. The molecule has 0 spiro atoms. The fraction of sp³-hybridized carbons (Fsp3) is 0.0667. The molecule has 0 aliphatic heterocycles. The van der Waals surface area contributed by atoms with E-state index in [-0.39, 0.29) is 0 Å². The van der Waals surface area contributed by atoms with Crippen molar-refractivity contribution in [1.29, 1.82) is 0 Å². The molecule has 0 unspecified atom stereocenters. The highest BCUT2D eigenvalue weighted by Crippen LogP contribution is 2.37. The fourth-order valence-corrected chi connectivity index (χ4v) is 2.85. The van der Waals surface area contributed by atoms with Crippen molar-refractivity contribution in [3.8, 4) is 11.3 Å². The van der Waals surface area contributed by atoms with Gasteiger partial charge in [-0.15, -0.1) is 0 Å². The van der Waals surface area contributed by atoms with Crippen molar-refractivity contribution in [2.45, 2.75) is 0 Å². The van der Waals surface area contributed by atoms with Gasteiger partial charge in [-0.05, 0) is 23.8 Å². The summed E-state index contributed by atoms with van der Waals surface area (Å²) in [5, 5.41) is 2.45. The summed E-state index contributed by atoms with van der Waals surface area (Å²) in [6, 6.07) is 15.9. The molecule has 0 amide bonds. The van der Waals surface area contributed by atoms with Gasteiger partial charge >= 0.3 is 0 Å². The monoisotopic (exact) mass is 275 g/mol. The minimum absolute atomic E-state index is 0.703. The zero-order valence-electron chi connectivity index (χ0n) is 9.82. The second-order valence-electron chi connectivity index (χ2n) is 4.25. The average molecular weight is 276 g/mol.